The van der Waals surface area contributed by atoms with Crippen LogP contribution in [0.3, 0.4) is 0 Å². The maximum absolute atomic E-state index is 10.8. The van der Waals surface area contributed by atoms with E-state index in [0.717, 1.165) is 25.9 Å². The minimum absolute atomic E-state index is 0.228. The van der Waals surface area contributed by atoms with Crippen LogP contribution < -0.4 is 0 Å². The van der Waals surface area contributed by atoms with Crippen molar-refractivity contribution in [3.63, 3.8) is 0 Å². The molecule has 90 valence electrons. The molecule has 0 rings (SSSR count). The molecule has 0 saturated heterocycles. The van der Waals surface area contributed by atoms with E-state index in [4.69, 9.17) is 9.84 Å². The molecule has 0 aliphatic carbocycles. The van der Waals surface area contributed by atoms with E-state index in [-0.39, 0.29) is 5.92 Å². The molecule has 3 heteroatoms. The largest absolute Gasteiger partial charge is 0.481 e. The number of carboxylic acid groups (broad SMARTS) is 1. The highest BCUT2D eigenvalue weighted by molar-refractivity contribution is 5.69. The molecule has 1 atom stereocenters. The molecule has 0 bridgehead atoms. The summed E-state index contributed by atoms with van der Waals surface area (Å²) >= 11 is 0. The third-order valence-electron chi connectivity index (χ3n) is 2.44. The summed E-state index contributed by atoms with van der Waals surface area (Å²) in [5.41, 5.74) is 0. The van der Waals surface area contributed by atoms with E-state index in [9.17, 15) is 4.79 Å². The van der Waals surface area contributed by atoms with Gasteiger partial charge in [0.25, 0.3) is 0 Å². The first-order valence-electron chi connectivity index (χ1n) is 5.88. The zero-order chi connectivity index (χ0) is 11.7. The SMILES string of the molecule is CCCC(CCOCCC(C)C)C(=O)O. The molecule has 0 aromatic carbocycles. The molecular formula is C12H24O3. The van der Waals surface area contributed by atoms with Crippen LogP contribution in [0.4, 0.5) is 0 Å². The van der Waals surface area contributed by atoms with Crippen LogP contribution >= 0.6 is 0 Å². The molecule has 1 unspecified atom stereocenters. The van der Waals surface area contributed by atoms with Crippen molar-refractivity contribution in [1.29, 1.82) is 0 Å². The molecule has 1 N–H and O–H groups in total. The van der Waals surface area contributed by atoms with E-state index in [2.05, 4.69) is 13.8 Å². The predicted octanol–water partition coefficient (Wildman–Crippen LogP) is 2.94. The minimum atomic E-state index is -0.690. The first-order chi connectivity index (χ1) is 7.07. The van der Waals surface area contributed by atoms with Crippen molar-refractivity contribution >= 4 is 5.97 Å². The molecule has 0 aromatic heterocycles. The van der Waals surface area contributed by atoms with Crippen molar-refractivity contribution in [3.05, 3.63) is 0 Å². The predicted molar refractivity (Wildman–Crippen MR) is 60.9 cm³/mol. The molecule has 0 aromatic rings. The minimum Gasteiger partial charge on any atom is -0.481 e. The number of aliphatic carboxylic acids is 1. The number of hydrogen-bond acceptors (Lipinski definition) is 2. The van der Waals surface area contributed by atoms with Gasteiger partial charge >= 0.3 is 5.97 Å². The second kappa shape index (κ2) is 8.72. The lowest BCUT2D eigenvalue weighted by Crippen LogP contribution is -2.16. The smallest absolute Gasteiger partial charge is 0.306 e. The maximum atomic E-state index is 10.8. The van der Waals surface area contributed by atoms with E-state index in [1.54, 1.807) is 0 Å². The maximum Gasteiger partial charge on any atom is 0.306 e. The van der Waals surface area contributed by atoms with Gasteiger partial charge in [0.1, 0.15) is 0 Å². The lowest BCUT2D eigenvalue weighted by molar-refractivity contribution is -0.142. The lowest BCUT2D eigenvalue weighted by atomic mass is 10.0. The van der Waals surface area contributed by atoms with Crippen LogP contribution in [-0.2, 0) is 9.53 Å². The Bertz CT molecular complexity index is 166. The van der Waals surface area contributed by atoms with Crippen LogP contribution in [0.15, 0.2) is 0 Å². The Kier molecular flexibility index (Phi) is 8.38. The Labute approximate surface area is 92.8 Å². The molecule has 15 heavy (non-hydrogen) atoms. The summed E-state index contributed by atoms with van der Waals surface area (Å²) in [6.07, 6.45) is 3.36. The molecule has 0 radical (unpaired) electrons. The lowest BCUT2D eigenvalue weighted by Gasteiger charge is -2.11. The zero-order valence-corrected chi connectivity index (χ0v) is 10.2. The van der Waals surface area contributed by atoms with Gasteiger partial charge in [-0.15, -0.1) is 0 Å². The van der Waals surface area contributed by atoms with E-state index in [1.807, 2.05) is 6.92 Å². The van der Waals surface area contributed by atoms with Crippen molar-refractivity contribution in [2.75, 3.05) is 13.2 Å². The number of carbonyl (C=O) groups is 1. The monoisotopic (exact) mass is 216 g/mol. The number of hydrogen-bond donors (Lipinski definition) is 1. The quantitative estimate of drug-likeness (QED) is 0.603. The molecular weight excluding hydrogens is 192 g/mol. The zero-order valence-electron chi connectivity index (χ0n) is 10.2. The summed E-state index contributed by atoms with van der Waals surface area (Å²) in [5, 5.41) is 8.89. The normalized spacial score (nSPS) is 13.1. The average Bonchev–Trinajstić information content (AvgIpc) is 2.15. The van der Waals surface area contributed by atoms with E-state index >= 15 is 0 Å². The molecule has 0 heterocycles. The molecule has 0 amide bonds. The van der Waals surface area contributed by atoms with Gasteiger partial charge in [0.15, 0.2) is 0 Å². The highest BCUT2D eigenvalue weighted by Gasteiger charge is 2.15. The topological polar surface area (TPSA) is 46.5 Å². The van der Waals surface area contributed by atoms with Gasteiger partial charge < -0.3 is 9.84 Å². The molecule has 3 nitrogen and oxygen atoms in total. The van der Waals surface area contributed by atoms with Crippen molar-refractivity contribution < 1.29 is 14.6 Å². The first kappa shape index (κ1) is 14.4. The Morgan fingerprint density at radius 2 is 1.80 bits per heavy atom. The van der Waals surface area contributed by atoms with Crippen molar-refractivity contribution in [2.24, 2.45) is 11.8 Å². The van der Waals surface area contributed by atoms with Crippen LogP contribution in [0, 0.1) is 11.8 Å². The first-order valence-corrected chi connectivity index (χ1v) is 5.88. The van der Waals surface area contributed by atoms with Crippen LogP contribution in [-0.4, -0.2) is 24.3 Å². The third-order valence-corrected chi connectivity index (χ3v) is 2.44. The van der Waals surface area contributed by atoms with Gasteiger partial charge in [0, 0.05) is 13.2 Å². The van der Waals surface area contributed by atoms with Gasteiger partial charge in [-0.2, -0.15) is 0 Å². The Hall–Kier alpha value is -0.570. The van der Waals surface area contributed by atoms with Gasteiger partial charge in [-0.1, -0.05) is 27.2 Å². The summed E-state index contributed by atoms with van der Waals surface area (Å²) in [6.45, 7) is 7.64. The Balaban J connectivity index is 3.49. The highest BCUT2D eigenvalue weighted by atomic mass is 16.5. The van der Waals surface area contributed by atoms with Crippen molar-refractivity contribution in [1.82, 2.24) is 0 Å². The van der Waals surface area contributed by atoms with Gasteiger partial charge in [0.05, 0.1) is 5.92 Å². The fourth-order valence-corrected chi connectivity index (χ4v) is 1.39. The van der Waals surface area contributed by atoms with Crippen LogP contribution in [0.5, 0.6) is 0 Å². The molecule has 0 spiro atoms. The summed E-state index contributed by atoms with van der Waals surface area (Å²) < 4.78 is 5.41. The number of ether oxygens (including phenoxy) is 1. The van der Waals surface area contributed by atoms with E-state index in [1.165, 1.54) is 0 Å². The summed E-state index contributed by atoms with van der Waals surface area (Å²) in [4.78, 5) is 10.8. The van der Waals surface area contributed by atoms with E-state index in [0.29, 0.717) is 18.9 Å². The Morgan fingerprint density at radius 1 is 1.20 bits per heavy atom. The molecule has 0 aliphatic heterocycles. The second-order valence-electron chi connectivity index (χ2n) is 4.41. The van der Waals surface area contributed by atoms with Crippen molar-refractivity contribution in [2.45, 2.75) is 46.5 Å². The average molecular weight is 216 g/mol. The van der Waals surface area contributed by atoms with Gasteiger partial charge in [0.2, 0.25) is 0 Å². The number of carboxylic acids is 1. The summed E-state index contributed by atoms with van der Waals surface area (Å²) in [6, 6.07) is 0. The van der Waals surface area contributed by atoms with Gasteiger partial charge in [-0.05, 0) is 25.2 Å². The van der Waals surface area contributed by atoms with E-state index < -0.39 is 5.97 Å². The van der Waals surface area contributed by atoms with Crippen LogP contribution in [0.2, 0.25) is 0 Å². The second-order valence-corrected chi connectivity index (χ2v) is 4.41. The fraction of sp³-hybridized carbons (Fsp3) is 0.917. The van der Waals surface area contributed by atoms with Crippen molar-refractivity contribution in [3.8, 4) is 0 Å². The van der Waals surface area contributed by atoms with Crippen LogP contribution in [0.1, 0.15) is 46.5 Å². The summed E-state index contributed by atoms with van der Waals surface area (Å²) in [7, 11) is 0. The summed E-state index contributed by atoms with van der Waals surface area (Å²) in [5.74, 6) is -0.269. The molecule has 0 fully saturated rings. The van der Waals surface area contributed by atoms with Gasteiger partial charge in [-0.3, -0.25) is 4.79 Å². The molecule has 0 saturated carbocycles. The Morgan fingerprint density at radius 3 is 2.27 bits per heavy atom. The van der Waals surface area contributed by atoms with Gasteiger partial charge in [-0.25, -0.2) is 0 Å². The van der Waals surface area contributed by atoms with Crippen LogP contribution in [0.25, 0.3) is 0 Å². The number of rotatable bonds is 9. The standard InChI is InChI=1S/C12H24O3/c1-4-5-11(12(13)14)7-9-15-8-6-10(2)3/h10-11H,4-9H2,1-3H3,(H,13,14). The highest BCUT2D eigenvalue weighted by Crippen LogP contribution is 2.11. The molecule has 0 aliphatic rings. The third kappa shape index (κ3) is 8.43. The fourth-order valence-electron chi connectivity index (χ4n) is 1.39.